The summed E-state index contributed by atoms with van der Waals surface area (Å²) in [5.41, 5.74) is 2.45. The predicted octanol–water partition coefficient (Wildman–Crippen LogP) is 2.85. The third kappa shape index (κ3) is 5.57. The number of ether oxygens (including phenoxy) is 2. The summed E-state index contributed by atoms with van der Waals surface area (Å²) in [6.07, 6.45) is 5.60. The quantitative estimate of drug-likeness (QED) is 0.484. The van der Waals surface area contributed by atoms with Crippen LogP contribution in [0.4, 0.5) is 10.5 Å². The summed E-state index contributed by atoms with van der Waals surface area (Å²) in [5.74, 6) is 0.558. The molecule has 9 nitrogen and oxygen atoms in total. The fourth-order valence-electron chi connectivity index (χ4n) is 5.36. The first-order valence-electron chi connectivity index (χ1n) is 12.4. The molecule has 4 atom stereocenters. The number of benzene rings is 1. The van der Waals surface area contributed by atoms with Crippen LogP contribution in [0.1, 0.15) is 55.7 Å². The molecule has 1 aliphatic carbocycles. The standard InChI is InChI=1S/C26H32N4O5/c31-15-23-25-21(12-19(34-23)13-24(32)28-14-18-7-3-4-10-27-18)20-11-17(8-9-22(20)35-25)30-26(33)29-16-5-1-2-6-16/h3-4,7-11,16,19,21,23,25,31H,1-2,5-6,12-15H2,(H,28,32)(H2,29,30,33)/t19-,21-,23-,25+/m1/s1. The van der Waals surface area contributed by atoms with Crippen LogP contribution in [0.15, 0.2) is 42.6 Å². The number of aliphatic hydroxyl groups is 1. The van der Waals surface area contributed by atoms with Crippen molar-refractivity contribution in [2.45, 2.75) is 75.3 Å². The summed E-state index contributed by atoms with van der Waals surface area (Å²) in [6, 6.07) is 11.2. The maximum atomic E-state index is 12.6. The lowest BCUT2D eigenvalue weighted by atomic mass is 9.84. The second-order valence-electron chi connectivity index (χ2n) is 9.54. The van der Waals surface area contributed by atoms with Gasteiger partial charge in [-0.05, 0) is 49.6 Å². The highest BCUT2D eigenvalue weighted by Gasteiger charge is 2.46. The van der Waals surface area contributed by atoms with Crippen molar-refractivity contribution in [3.8, 4) is 5.75 Å². The summed E-state index contributed by atoms with van der Waals surface area (Å²) < 4.78 is 12.2. The van der Waals surface area contributed by atoms with E-state index in [0.29, 0.717) is 18.7 Å². The molecule has 1 saturated heterocycles. The lowest BCUT2D eigenvalue weighted by molar-refractivity contribution is -0.142. The zero-order valence-electron chi connectivity index (χ0n) is 19.6. The fourth-order valence-corrected chi connectivity index (χ4v) is 5.36. The summed E-state index contributed by atoms with van der Waals surface area (Å²) in [4.78, 5) is 29.2. The van der Waals surface area contributed by atoms with Gasteiger partial charge in [0, 0.05) is 29.4 Å². The number of carbonyl (C=O) groups excluding carboxylic acids is 2. The normalized spacial score (nSPS) is 25.3. The number of nitrogens with zero attached hydrogens (tertiary/aromatic N) is 1. The summed E-state index contributed by atoms with van der Waals surface area (Å²) >= 11 is 0. The minimum atomic E-state index is -0.531. The van der Waals surface area contributed by atoms with E-state index in [9.17, 15) is 14.7 Å². The van der Waals surface area contributed by atoms with Crippen molar-refractivity contribution in [1.29, 1.82) is 0 Å². The van der Waals surface area contributed by atoms with Crippen molar-refractivity contribution in [3.05, 3.63) is 53.9 Å². The Morgan fingerprint density at radius 3 is 2.77 bits per heavy atom. The molecule has 0 radical (unpaired) electrons. The zero-order valence-corrected chi connectivity index (χ0v) is 19.6. The van der Waals surface area contributed by atoms with Gasteiger partial charge in [0.1, 0.15) is 18.0 Å². The number of nitrogens with one attached hydrogen (secondary N) is 3. The molecule has 1 aromatic heterocycles. The number of hydrogen-bond acceptors (Lipinski definition) is 6. The van der Waals surface area contributed by atoms with Gasteiger partial charge in [-0.1, -0.05) is 18.9 Å². The maximum absolute atomic E-state index is 12.6. The molecular formula is C26H32N4O5. The Hall–Kier alpha value is -3.17. The third-order valence-electron chi connectivity index (χ3n) is 7.05. The van der Waals surface area contributed by atoms with E-state index in [1.165, 1.54) is 0 Å². The molecule has 3 aliphatic rings. The van der Waals surface area contributed by atoms with Crippen LogP contribution < -0.4 is 20.7 Å². The molecule has 2 fully saturated rings. The van der Waals surface area contributed by atoms with Gasteiger partial charge in [-0.15, -0.1) is 0 Å². The van der Waals surface area contributed by atoms with E-state index in [4.69, 9.17) is 9.47 Å². The van der Waals surface area contributed by atoms with E-state index in [-0.39, 0.29) is 49.1 Å². The molecule has 0 unspecified atom stereocenters. The van der Waals surface area contributed by atoms with Crippen LogP contribution in [0.2, 0.25) is 0 Å². The molecule has 9 heteroatoms. The smallest absolute Gasteiger partial charge is 0.319 e. The molecule has 1 saturated carbocycles. The van der Waals surface area contributed by atoms with Gasteiger partial charge in [-0.25, -0.2) is 4.79 Å². The van der Waals surface area contributed by atoms with Crippen LogP contribution in [0.5, 0.6) is 5.75 Å². The highest BCUT2D eigenvalue weighted by Crippen LogP contribution is 2.47. The van der Waals surface area contributed by atoms with Gasteiger partial charge in [-0.2, -0.15) is 0 Å². The molecule has 0 bridgehead atoms. The lowest BCUT2D eigenvalue weighted by Crippen LogP contribution is -2.47. The Bertz CT molecular complexity index is 1040. The summed E-state index contributed by atoms with van der Waals surface area (Å²) in [6.45, 7) is 0.155. The first-order valence-corrected chi connectivity index (χ1v) is 12.4. The van der Waals surface area contributed by atoms with Gasteiger partial charge in [0.2, 0.25) is 5.91 Å². The van der Waals surface area contributed by atoms with Crippen LogP contribution in [0.3, 0.4) is 0 Å². The average molecular weight is 481 g/mol. The van der Waals surface area contributed by atoms with Crippen LogP contribution >= 0.6 is 0 Å². The van der Waals surface area contributed by atoms with Crippen molar-refractivity contribution >= 4 is 17.6 Å². The van der Waals surface area contributed by atoms with E-state index in [1.807, 2.05) is 36.4 Å². The Labute approximate surface area is 204 Å². The van der Waals surface area contributed by atoms with Crippen molar-refractivity contribution in [3.63, 3.8) is 0 Å². The number of aliphatic hydroxyl groups excluding tert-OH is 1. The third-order valence-corrected chi connectivity index (χ3v) is 7.05. The van der Waals surface area contributed by atoms with E-state index in [1.54, 1.807) is 6.20 Å². The van der Waals surface area contributed by atoms with Crippen molar-refractivity contribution < 1.29 is 24.2 Å². The SMILES string of the molecule is O=C(C[C@H]1C[C@@H]2c3cc(NC(=O)NC4CCCC4)ccc3O[C@@H]2[C@@H](CO)O1)NCc1ccccn1. The average Bonchev–Trinajstić information content (AvgIpc) is 3.50. The van der Waals surface area contributed by atoms with Crippen molar-refractivity contribution in [2.75, 3.05) is 11.9 Å². The molecule has 3 amide bonds. The zero-order chi connectivity index (χ0) is 24.2. The Kier molecular flexibility index (Phi) is 7.15. The largest absolute Gasteiger partial charge is 0.487 e. The first kappa shape index (κ1) is 23.6. The minimum absolute atomic E-state index is 0.0378. The number of fused-ring (bicyclic) bond motifs is 3. The van der Waals surface area contributed by atoms with Crippen LogP contribution in [-0.4, -0.2) is 53.0 Å². The molecule has 1 aromatic carbocycles. The number of amides is 3. The number of aromatic nitrogens is 1. The second-order valence-corrected chi connectivity index (χ2v) is 9.54. The van der Waals surface area contributed by atoms with E-state index < -0.39 is 6.10 Å². The van der Waals surface area contributed by atoms with Crippen LogP contribution in [0.25, 0.3) is 0 Å². The van der Waals surface area contributed by atoms with Crippen molar-refractivity contribution in [1.82, 2.24) is 15.6 Å². The van der Waals surface area contributed by atoms with Crippen LogP contribution in [-0.2, 0) is 16.1 Å². The molecule has 3 heterocycles. The Balaban J connectivity index is 1.22. The highest BCUT2D eigenvalue weighted by molar-refractivity contribution is 5.89. The van der Waals surface area contributed by atoms with Gasteiger partial charge in [-0.3, -0.25) is 9.78 Å². The molecule has 5 rings (SSSR count). The van der Waals surface area contributed by atoms with Crippen molar-refractivity contribution in [2.24, 2.45) is 0 Å². The van der Waals surface area contributed by atoms with Gasteiger partial charge in [0.25, 0.3) is 0 Å². The molecule has 35 heavy (non-hydrogen) atoms. The van der Waals surface area contributed by atoms with Crippen LogP contribution in [0, 0.1) is 0 Å². The van der Waals surface area contributed by atoms with E-state index >= 15 is 0 Å². The molecule has 2 aliphatic heterocycles. The van der Waals surface area contributed by atoms with Gasteiger partial charge in [0.15, 0.2) is 0 Å². The highest BCUT2D eigenvalue weighted by atomic mass is 16.6. The second kappa shape index (κ2) is 10.6. The maximum Gasteiger partial charge on any atom is 0.319 e. The van der Waals surface area contributed by atoms with E-state index in [2.05, 4.69) is 20.9 Å². The number of hydrogen-bond donors (Lipinski definition) is 4. The number of urea groups is 1. The monoisotopic (exact) mass is 480 g/mol. The number of pyridine rings is 1. The molecule has 186 valence electrons. The fraction of sp³-hybridized carbons (Fsp3) is 0.500. The minimum Gasteiger partial charge on any atom is -0.487 e. The Morgan fingerprint density at radius 1 is 1.14 bits per heavy atom. The Morgan fingerprint density at radius 2 is 2.00 bits per heavy atom. The molecular weight excluding hydrogens is 448 g/mol. The van der Waals surface area contributed by atoms with Gasteiger partial charge in [0.05, 0.1) is 31.4 Å². The first-order chi connectivity index (χ1) is 17.1. The topological polar surface area (TPSA) is 122 Å². The number of rotatable bonds is 7. The predicted molar refractivity (Wildman–Crippen MR) is 129 cm³/mol. The molecule has 0 spiro atoms. The summed E-state index contributed by atoms with van der Waals surface area (Å²) in [7, 11) is 0. The molecule has 4 N–H and O–H groups in total. The van der Waals surface area contributed by atoms with Gasteiger partial charge >= 0.3 is 6.03 Å². The van der Waals surface area contributed by atoms with E-state index in [0.717, 1.165) is 42.7 Å². The summed E-state index contributed by atoms with van der Waals surface area (Å²) in [5, 5.41) is 18.8. The molecule has 2 aromatic rings. The number of carbonyl (C=O) groups is 2. The van der Waals surface area contributed by atoms with Gasteiger partial charge < -0.3 is 30.5 Å². The lowest BCUT2D eigenvalue weighted by Gasteiger charge is -2.37. The number of anilines is 1.